The van der Waals surface area contributed by atoms with Gasteiger partial charge in [-0.3, -0.25) is 14.6 Å². The molecule has 0 aliphatic carbocycles. The van der Waals surface area contributed by atoms with Gasteiger partial charge in [0.05, 0.1) is 20.8 Å². The molecule has 24 heavy (non-hydrogen) atoms. The van der Waals surface area contributed by atoms with Crippen LogP contribution in [0.1, 0.15) is 22.1 Å². The van der Waals surface area contributed by atoms with Gasteiger partial charge in [0.15, 0.2) is 17.7 Å². The third-order valence-corrected chi connectivity index (χ3v) is 4.36. The molecule has 1 atom stereocenters. The first kappa shape index (κ1) is 16.5. The quantitative estimate of drug-likeness (QED) is 0.781. The highest BCUT2D eigenvalue weighted by Gasteiger charge is 2.39. The molecule has 0 unspecified atom stereocenters. The summed E-state index contributed by atoms with van der Waals surface area (Å²) >= 11 is 0. The van der Waals surface area contributed by atoms with Gasteiger partial charge in [-0.2, -0.15) is 0 Å². The molecule has 0 amide bonds. The van der Waals surface area contributed by atoms with Crippen molar-refractivity contribution in [1.29, 1.82) is 0 Å². The van der Waals surface area contributed by atoms with E-state index in [1.165, 1.54) is 14.2 Å². The fourth-order valence-corrected chi connectivity index (χ4v) is 3.20. The molecule has 8 nitrogen and oxygen atoms in total. The van der Waals surface area contributed by atoms with Crippen molar-refractivity contribution in [3.8, 4) is 11.5 Å². The van der Waals surface area contributed by atoms with Gasteiger partial charge in [-0.25, -0.2) is 4.79 Å². The van der Waals surface area contributed by atoms with E-state index in [-0.39, 0.29) is 6.54 Å². The van der Waals surface area contributed by atoms with Crippen LogP contribution in [0.25, 0.3) is 0 Å². The number of carbonyl (C=O) groups is 2. The molecule has 0 saturated carbocycles. The number of hydrogen-bond donors (Lipinski definition) is 1. The summed E-state index contributed by atoms with van der Waals surface area (Å²) in [6.45, 7) is 2.50. The molecular formula is C16H20N2O6. The number of carboxylic acids is 1. The standard InChI is InChI=1S/C16H20N2O6/c1-22-11-4-3-10-13(14(11)23-2)16(21)24-15(10)18-7-5-17(6-8-18)9-12(19)20/h3-4,15H,5-9H2,1-2H3,(H,19,20)/t15-/m0/s1. The van der Waals surface area contributed by atoms with Crippen LogP contribution in [0.5, 0.6) is 11.5 Å². The van der Waals surface area contributed by atoms with Crippen LogP contribution < -0.4 is 9.47 Å². The number of carboxylic acid groups (broad SMARTS) is 1. The summed E-state index contributed by atoms with van der Waals surface area (Å²) < 4.78 is 16.1. The van der Waals surface area contributed by atoms with Crippen molar-refractivity contribution < 1.29 is 28.9 Å². The third-order valence-electron chi connectivity index (χ3n) is 4.36. The van der Waals surface area contributed by atoms with Crippen molar-refractivity contribution in [1.82, 2.24) is 9.80 Å². The zero-order valence-corrected chi connectivity index (χ0v) is 13.7. The Morgan fingerprint density at radius 2 is 1.96 bits per heavy atom. The fraction of sp³-hybridized carbons (Fsp3) is 0.500. The fourth-order valence-electron chi connectivity index (χ4n) is 3.20. The van der Waals surface area contributed by atoms with E-state index >= 15 is 0 Å². The number of fused-ring (bicyclic) bond motifs is 1. The first-order valence-corrected chi connectivity index (χ1v) is 7.69. The van der Waals surface area contributed by atoms with Crippen molar-refractivity contribution >= 4 is 11.9 Å². The molecule has 2 aliphatic heterocycles. The zero-order chi connectivity index (χ0) is 17.3. The van der Waals surface area contributed by atoms with E-state index in [1.807, 2.05) is 15.9 Å². The van der Waals surface area contributed by atoms with Crippen molar-refractivity contribution in [2.45, 2.75) is 6.23 Å². The van der Waals surface area contributed by atoms with Crippen molar-refractivity contribution in [2.75, 3.05) is 46.9 Å². The van der Waals surface area contributed by atoms with E-state index in [9.17, 15) is 9.59 Å². The van der Waals surface area contributed by atoms with Crippen LogP contribution in [-0.4, -0.2) is 73.8 Å². The molecule has 0 aromatic heterocycles. The highest BCUT2D eigenvalue weighted by molar-refractivity contribution is 5.98. The second-order valence-electron chi connectivity index (χ2n) is 5.73. The van der Waals surface area contributed by atoms with Gasteiger partial charge in [0.25, 0.3) is 0 Å². The van der Waals surface area contributed by atoms with E-state index in [4.69, 9.17) is 19.3 Å². The molecular weight excluding hydrogens is 316 g/mol. The Morgan fingerprint density at radius 1 is 1.25 bits per heavy atom. The number of carbonyl (C=O) groups excluding carboxylic acids is 1. The first-order chi connectivity index (χ1) is 11.5. The van der Waals surface area contributed by atoms with Crippen LogP contribution in [0.3, 0.4) is 0 Å². The average molecular weight is 336 g/mol. The zero-order valence-electron chi connectivity index (χ0n) is 13.7. The largest absolute Gasteiger partial charge is 0.493 e. The SMILES string of the molecule is COc1ccc2c(c1OC)C(=O)O[C@@H]2N1CCN(CC(=O)O)CC1. The summed E-state index contributed by atoms with van der Waals surface area (Å²) in [4.78, 5) is 27.0. The van der Waals surface area contributed by atoms with Crippen LogP contribution in [0.15, 0.2) is 12.1 Å². The van der Waals surface area contributed by atoms with Gasteiger partial charge in [-0.15, -0.1) is 0 Å². The minimum atomic E-state index is -0.835. The number of aliphatic carboxylic acids is 1. The number of hydrogen-bond acceptors (Lipinski definition) is 7. The molecule has 1 saturated heterocycles. The summed E-state index contributed by atoms with van der Waals surface area (Å²) in [7, 11) is 3.01. The Hall–Kier alpha value is -2.32. The minimum absolute atomic E-state index is 0.0277. The highest BCUT2D eigenvalue weighted by atomic mass is 16.6. The molecule has 3 rings (SSSR count). The molecule has 1 aromatic rings. The molecule has 2 heterocycles. The summed E-state index contributed by atoms with van der Waals surface area (Å²) in [5.74, 6) is -0.399. The van der Waals surface area contributed by atoms with Gasteiger partial charge in [-0.05, 0) is 12.1 Å². The maximum absolute atomic E-state index is 12.3. The van der Waals surface area contributed by atoms with Crippen molar-refractivity contribution in [3.63, 3.8) is 0 Å². The Morgan fingerprint density at radius 3 is 2.54 bits per heavy atom. The molecule has 0 bridgehead atoms. The monoisotopic (exact) mass is 336 g/mol. The van der Waals surface area contributed by atoms with E-state index in [1.54, 1.807) is 6.07 Å². The topological polar surface area (TPSA) is 88.5 Å². The van der Waals surface area contributed by atoms with Gasteiger partial charge in [0, 0.05) is 31.7 Å². The Kier molecular flexibility index (Phi) is 4.59. The van der Waals surface area contributed by atoms with E-state index in [2.05, 4.69) is 0 Å². The Bertz CT molecular complexity index is 654. The predicted octanol–water partition coefficient (Wildman–Crippen LogP) is 0.575. The van der Waals surface area contributed by atoms with Gasteiger partial charge < -0.3 is 19.3 Å². The maximum atomic E-state index is 12.3. The summed E-state index contributed by atoms with van der Waals surface area (Å²) in [6.07, 6.45) is -0.473. The van der Waals surface area contributed by atoms with Crippen LogP contribution in [0.4, 0.5) is 0 Å². The van der Waals surface area contributed by atoms with E-state index < -0.39 is 18.2 Å². The third kappa shape index (κ3) is 2.90. The number of benzene rings is 1. The van der Waals surface area contributed by atoms with Gasteiger partial charge in [-0.1, -0.05) is 0 Å². The minimum Gasteiger partial charge on any atom is -0.493 e. The van der Waals surface area contributed by atoms with Crippen LogP contribution >= 0.6 is 0 Å². The molecule has 0 radical (unpaired) electrons. The number of nitrogens with zero attached hydrogens (tertiary/aromatic N) is 2. The smallest absolute Gasteiger partial charge is 0.344 e. The lowest BCUT2D eigenvalue weighted by Crippen LogP contribution is -2.49. The van der Waals surface area contributed by atoms with Crippen LogP contribution in [0.2, 0.25) is 0 Å². The lowest BCUT2D eigenvalue weighted by Gasteiger charge is -2.36. The highest BCUT2D eigenvalue weighted by Crippen LogP contribution is 2.43. The number of ether oxygens (including phenoxy) is 3. The van der Waals surface area contributed by atoms with E-state index in [0.717, 1.165) is 5.56 Å². The maximum Gasteiger partial charge on any atom is 0.344 e. The Labute approximate surface area is 139 Å². The molecule has 1 aromatic carbocycles. The normalized spacial score (nSPS) is 21.2. The lowest BCUT2D eigenvalue weighted by atomic mass is 10.1. The van der Waals surface area contributed by atoms with Gasteiger partial charge in [0.1, 0.15) is 5.56 Å². The molecule has 1 N–H and O–H groups in total. The summed E-state index contributed by atoms with van der Waals surface area (Å²) in [6, 6.07) is 3.57. The number of rotatable bonds is 5. The van der Waals surface area contributed by atoms with Gasteiger partial charge in [0.2, 0.25) is 0 Å². The first-order valence-electron chi connectivity index (χ1n) is 7.69. The number of piperazine rings is 1. The van der Waals surface area contributed by atoms with Crippen molar-refractivity contribution in [3.05, 3.63) is 23.3 Å². The number of cyclic esters (lactones) is 1. The second kappa shape index (κ2) is 6.66. The summed E-state index contributed by atoms with van der Waals surface area (Å²) in [5.41, 5.74) is 1.15. The summed E-state index contributed by atoms with van der Waals surface area (Å²) in [5, 5.41) is 8.86. The van der Waals surface area contributed by atoms with Gasteiger partial charge >= 0.3 is 11.9 Å². The molecule has 130 valence electrons. The lowest BCUT2D eigenvalue weighted by molar-refractivity contribution is -0.139. The van der Waals surface area contributed by atoms with Crippen LogP contribution in [-0.2, 0) is 9.53 Å². The molecule has 1 fully saturated rings. The average Bonchev–Trinajstić information content (AvgIpc) is 2.91. The molecule has 2 aliphatic rings. The van der Waals surface area contributed by atoms with E-state index in [0.29, 0.717) is 43.2 Å². The second-order valence-corrected chi connectivity index (χ2v) is 5.73. The predicted molar refractivity (Wildman–Crippen MR) is 83.4 cm³/mol. The van der Waals surface area contributed by atoms with Crippen molar-refractivity contribution in [2.24, 2.45) is 0 Å². The van der Waals surface area contributed by atoms with Crippen LogP contribution in [0, 0.1) is 0 Å². The molecule has 8 heteroatoms. The Balaban J connectivity index is 1.80. The molecule has 0 spiro atoms. The number of esters is 1. The number of methoxy groups -OCH3 is 2.